The second-order valence-corrected chi connectivity index (χ2v) is 5.85. The van der Waals surface area contributed by atoms with Crippen molar-refractivity contribution in [2.45, 2.75) is 19.5 Å². The zero-order valence-electron chi connectivity index (χ0n) is 12.5. The molecule has 1 heterocycles. The molecule has 1 atom stereocenters. The van der Waals surface area contributed by atoms with Crippen LogP contribution >= 0.6 is 11.3 Å². The summed E-state index contributed by atoms with van der Waals surface area (Å²) in [6.07, 6.45) is 1.70. The maximum absolute atomic E-state index is 13.4. The van der Waals surface area contributed by atoms with Crippen molar-refractivity contribution in [3.63, 3.8) is 0 Å². The number of nitrogens with zero attached hydrogens (tertiary/aromatic N) is 2. The number of urea groups is 1. The number of carbonyl (C=O) groups is 1. The lowest BCUT2D eigenvalue weighted by Gasteiger charge is -2.20. The average molecular weight is 323 g/mol. The fourth-order valence-corrected chi connectivity index (χ4v) is 2.41. The third-order valence-corrected chi connectivity index (χ3v) is 3.66. The number of aromatic nitrogens is 1. The number of thiazole rings is 1. The highest BCUT2D eigenvalue weighted by atomic mass is 32.1. The van der Waals surface area contributed by atoms with Gasteiger partial charge in [-0.15, -0.1) is 11.3 Å². The van der Waals surface area contributed by atoms with E-state index in [9.17, 15) is 9.18 Å². The lowest BCUT2D eigenvalue weighted by Crippen LogP contribution is -2.43. The molecule has 0 aliphatic carbocycles. The van der Waals surface area contributed by atoms with E-state index in [1.807, 2.05) is 5.38 Å². The first-order valence-corrected chi connectivity index (χ1v) is 7.71. The molecule has 0 aliphatic rings. The SMILES string of the molecule is C[C@@H](COc1ccccc1F)NC(=O)N(C)Cc1nccs1. The van der Waals surface area contributed by atoms with Crippen molar-refractivity contribution >= 4 is 17.4 Å². The summed E-state index contributed by atoms with van der Waals surface area (Å²) < 4.78 is 18.8. The van der Waals surface area contributed by atoms with Crippen LogP contribution in [0.5, 0.6) is 5.75 Å². The predicted molar refractivity (Wildman–Crippen MR) is 83.5 cm³/mol. The third kappa shape index (κ3) is 4.70. The van der Waals surface area contributed by atoms with Gasteiger partial charge in [-0.2, -0.15) is 0 Å². The second kappa shape index (κ2) is 7.74. The zero-order chi connectivity index (χ0) is 15.9. The number of carbonyl (C=O) groups excluding carboxylic acids is 1. The number of amides is 2. The minimum atomic E-state index is -0.415. The van der Waals surface area contributed by atoms with E-state index >= 15 is 0 Å². The molecule has 0 saturated heterocycles. The van der Waals surface area contributed by atoms with Gasteiger partial charge in [0.2, 0.25) is 0 Å². The molecule has 7 heteroatoms. The molecular formula is C15H18FN3O2S. The Hall–Kier alpha value is -2.15. The van der Waals surface area contributed by atoms with Crippen molar-refractivity contribution in [1.82, 2.24) is 15.2 Å². The molecule has 2 rings (SSSR count). The van der Waals surface area contributed by atoms with Crippen LogP contribution in [0.4, 0.5) is 9.18 Å². The van der Waals surface area contributed by atoms with Gasteiger partial charge in [-0.3, -0.25) is 0 Å². The highest BCUT2D eigenvalue weighted by Gasteiger charge is 2.14. The summed E-state index contributed by atoms with van der Waals surface area (Å²) >= 11 is 1.50. The number of hydrogen-bond donors (Lipinski definition) is 1. The van der Waals surface area contributed by atoms with E-state index in [0.717, 1.165) is 5.01 Å². The molecule has 1 aromatic carbocycles. The molecule has 0 aliphatic heterocycles. The standard InChI is InChI=1S/C15H18FN3O2S/c1-11(10-21-13-6-4-3-5-12(13)16)18-15(20)19(2)9-14-17-7-8-22-14/h3-8,11H,9-10H2,1-2H3,(H,18,20)/t11-/m0/s1. The molecule has 2 aromatic rings. The molecule has 22 heavy (non-hydrogen) atoms. The van der Waals surface area contributed by atoms with Crippen molar-refractivity contribution in [3.05, 3.63) is 46.7 Å². The summed E-state index contributed by atoms with van der Waals surface area (Å²) in [6.45, 7) is 2.44. The number of benzene rings is 1. The largest absolute Gasteiger partial charge is 0.488 e. The van der Waals surface area contributed by atoms with Crippen LogP contribution in [0, 0.1) is 5.82 Å². The topological polar surface area (TPSA) is 54.5 Å². The van der Waals surface area contributed by atoms with Gasteiger partial charge in [-0.05, 0) is 19.1 Å². The van der Waals surface area contributed by atoms with Gasteiger partial charge in [0.25, 0.3) is 0 Å². The van der Waals surface area contributed by atoms with E-state index in [-0.39, 0.29) is 24.4 Å². The van der Waals surface area contributed by atoms with Gasteiger partial charge >= 0.3 is 6.03 Å². The fraction of sp³-hybridized carbons (Fsp3) is 0.333. The normalized spacial score (nSPS) is 11.8. The Bertz CT molecular complexity index is 607. The summed E-state index contributed by atoms with van der Waals surface area (Å²) in [5.41, 5.74) is 0. The number of halogens is 1. The van der Waals surface area contributed by atoms with Crippen molar-refractivity contribution in [2.24, 2.45) is 0 Å². The smallest absolute Gasteiger partial charge is 0.317 e. The van der Waals surface area contributed by atoms with E-state index in [1.54, 1.807) is 43.3 Å². The van der Waals surface area contributed by atoms with E-state index in [4.69, 9.17) is 4.74 Å². The number of rotatable bonds is 6. The Morgan fingerprint density at radius 3 is 2.95 bits per heavy atom. The summed E-state index contributed by atoms with van der Waals surface area (Å²) in [5, 5.41) is 5.53. The lowest BCUT2D eigenvalue weighted by atomic mass is 10.3. The van der Waals surface area contributed by atoms with Crippen LogP contribution in [0.25, 0.3) is 0 Å². The Kier molecular flexibility index (Phi) is 5.71. The summed E-state index contributed by atoms with van der Waals surface area (Å²) in [5.74, 6) is -0.235. The summed E-state index contributed by atoms with van der Waals surface area (Å²) in [7, 11) is 1.70. The van der Waals surface area contributed by atoms with Gasteiger partial charge in [-0.25, -0.2) is 14.2 Å². The highest BCUT2D eigenvalue weighted by Crippen LogP contribution is 2.15. The monoisotopic (exact) mass is 323 g/mol. The second-order valence-electron chi connectivity index (χ2n) is 4.87. The Balaban J connectivity index is 1.77. The zero-order valence-corrected chi connectivity index (χ0v) is 13.3. The first kappa shape index (κ1) is 16.2. The number of para-hydroxylation sites is 1. The molecule has 1 N–H and O–H groups in total. The average Bonchev–Trinajstić information content (AvgIpc) is 2.99. The molecule has 0 bridgehead atoms. The van der Waals surface area contributed by atoms with Crippen LogP contribution in [-0.2, 0) is 6.54 Å². The molecular weight excluding hydrogens is 305 g/mol. The molecule has 0 radical (unpaired) electrons. The van der Waals surface area contributed by atoms with Gasteiger partial charge in [0.1, 0.15) is 11.6 Å². The quantitative estimate of drug-likeness (QED) is 0.889. The van der Waals surface area contributed by atoms with Gasteiger partial charge < -0.3 is 15.0 Å². The summed E-state index contributed by atoms with van der Waals surface area (Å²) in [6, 6.07) is 5.72. The van der Waals surface area contributed by atoms with E-state index < -0.39 is 5.82 Å². The molecule has 0 saturated carbocycles. The van der Waals surface area contributed by atoms with E-state index in [0.29, 0.717) is 6.54 Å². The minimum absolute atomic E-state index is 0.180. The Morgan fingerprint density at radius 1 is 1.50 bits per heavy atom. The number of hydrogen-bond acceptors (Lipinski definition) is 4. The van der Waals surface area contributed by atoms with Crippen LogP contribution < -0.4 is 10.1 Å². The predicted octanol–water partition coefficient (Wildman–Crippen LogP) is 2.89. The van der Waals surface area contributed by atoms with Crippen LogP contribution in [-0.4, -0.2) is 35.6 Å². The first-order valence-electron chi connectivity index (χ1n) is 6.83. The van der Waals surface area contributed by atoms with Gasteiger partial charge in [0.05, 0.1) is 12.6 Å². The summed E-state index contributed by atoms with van der Waals surface area (Å²) in [4.78, 5) is 17.7. The third-order valence-electron chi connectivity index (χ3n) is 2.90. The van der Waals surface area contributed by atoms with Gasteiger partial charge in [-0.1, -0.05) is 12.1 Å². The van der Waals surface area contributed by atoms with Gasteiger partial charge in [0.15, 0.2) is 11.6 Å². The van der Waals surface area contributed by atoms with Gasteiger partial charge in [0, 0.05) is 18.6 Å². The molecule has 2 amide bonds. The molecule has 118 valence electrons. The maximum Gasteiger partial charge on any atom is 0.317 e. The Labute approximate surface area is 132 Å². The van der Waals surface area contributed by atoms with Crippen molar-refractivity contribution in [3.8, 4) is 5.75 Å². The minimum Gasteiger partial charge on any atom is -0.488 e. The van der Waals surface area contributed by atoms with Crippen molar-refractivity contribution in [2.75, 3.05) is 13.7 Å². The van der Waals surface area contributed by atoms with E-state index in [1.165, 1.54) is 17.4 Å². The molecule has 0 unspecified atom stereocenters. The van der Waals surface area contributed by atoms with E-state index in [2.05, 4.69) is 10.3 Å². The number of nitrogens with one attached hydrogen (secondary N) is 1. The first-order chi connectivity index (χ1) is 10.6. The molecule has 5 nitrogen and oxygen atoms in total. The van der Waals surface area contributed by atoms with Crippen LogP contribution in [0.3, 0.4) is 0 Å². The molecule has 0 fully saturated rings. The van der Waals surface area contributed by atoms with Crippen LogP contribution in [0.1, 0.15) is 11.9 Å². The molecule has 0 spiro atoms. The lowest BCUT2D eigenvalue weighted by molar-refractivity contribution is 0.194. The van der Waals surface area contributed by atoms with Crippen molar-refractivity contribution < 1.29 is 13.9 Å². The molecule has 1 aromatic heterocycles. The number of ether oxygens (including phenoxy) is 1. The maximum atomic E-state index is 13.4. The van der Waals surface area contributed by atoms with Crippen LogP contribution in [0.15, 0.2) is 35.8 Å². The highest BCUT2D eigenvalue weighted by molar-refractivity contribution is 7.09. The van der Waals surface area contributed by atoms with Crippen molar-refractivity contribution in [1.29, 1.82) is 0 Å². The Morgan fingerprint density at radius 2 is 2.27 bits per heavy atom. The van der Waals surface area contributed by atoms with Crippen LogP contribution in [0.2, 0.25) is 0 Å². The fourth-order valence-electron chi connectivity index (χ4n) is 1.74.